The second-order valence-electron chi connectivity index (χ2n) is 20.0. The molecule has 0 bridgehead atoms. The van der Waals surface area contributed by atoms with Gasteiger partial charge in [0.25, 0.3) is 0 Å². The van der Waals surface area contributed by atoms with Crippen LogP contribution >= 0.6 is 0 Å². The molecule has 0 saturated heterocycles. The Hall–Kier alpha value is -0.706. The van der Waals surface area contributed by atoms with E-state index >= 15 is 0 Å². The molecule has 0 aromatic carbocycles. The average molecular weight is 659 g/mol. The number of hydrogen-bond donors (Lipinski definition) is 0. The minimum atomic E-state index is -3.02. The number of carbonyl (C=O) groups excluding carboxylic acids is 2. The highest BCUT2D eigenvalue weighted by Gasteiger charge is 2.67. The smallest absolute Gasteiger partial charge is 0.337 e. The van der Waals surface area contributed by atoms with E-state index in [1.807, 2.05) is 27.7 Å². The van der Waals surface area contributed by atoms with Gasteiger partial charge in [-0.25, -0.2) is 9.59 Å². The third kappa shape index (κ3) is 9.22. The van der Waals surface area contributed by atoms with Gasteiger partial charge in [-0.3, -0.25) is 0 Å². The minimum Gasteiger partial charge on any atom is -0.463 e. The van der Waals surface area contributed by atoms with Crippen LogP contribution in [0.4, 0.5) is 0 Å². The Kier molecular flexibility index (Phi) is 14.0. The summed E-state index contributed by atoms with van der Waals surface area (Å²) in [4.78, 5) is 28.9. The van der Waals surface area contributed by atoms with E-state index in [4.69, 9.17) is 18.3 Å². The Morgan fingerprint density at radius 2 is 0.614 bits per heavy atom. The Morgan fingerprint density at radius 1 is 0.432 bits per heavy atom. The maximum Gasteiger partial charge on any atom is 0.337 e. The third-order valence-electron chi connectivity index (χ3n) is 8.80. The van der Waals surface area contributed by atoms with Gasteiger partial charge in [-0.2, -0.15) is 0 Å². The summed E-state index contributed by atoms with van der Waals surface area (Å²) in [5.74, 6) is -0.873. The van der Waals surface area contributed by atoms with E-state index in [-0.39, 0.29) is 55.3 Å². The van der Waals surface area contributed by atoms with Crippen molar-refractivity contribution in [2.24, 2.45) is 11.8 Å². The van der Waals surface area contributed by atoms with Crippen molar-refractivity contribution in [3.05, 3.63) is 0 Å². The van der Waals surface area contributed by atoms with E-state index in [1.54, 1.807) is 0 Å². The zero-order chi connectivity index (χ0) is 35.7. The molecule has 0 saturated carbocycles. The van der Waals surface area contributed by atoms with Crippen molar-refractivity contribution in [3.8, 4) is 0 Å². The number of ether oxygens (including phenoxy) is 2. The average Bonchev–Trinajstić information content (AvgIpc) is 2.72. The molecule has 0 spiro atoms. The predicted octanol–water partition coefficient (Wildman–Crippen LogP) is 10.8. The number of carbonyl (C=O) groups is 2. The van der Waals surface area contributed by atoms with Gasteiger partial charge in [-0.1, -0.05) is 152 Å². The van der Waals surface area contributed by atoms with Crippen LogP contribution in [0, 0.1) is 11.8 Å². The number of esters is 2. The van der Waals surface area contributed by atoms with Crippen molar-refractivity contribution >= 4 is 28.6 Å². The Labute approximate surface area is 275 Å². The molecule has 0 aliphatic carbocycles. The standard InChI is InChI=1S/C36H74O6Si2/c1-25(2)23-39-29(37)27(41-43(31(5,6)7,32(8,9)10)33(11,12)13)28(30(38)40-24-26(3)4)42-44(34(14,15)16,35(17,18)19)36(20,21)22/h25-28H,23-24H2,1-22H3. The van der Waals surface area contributed by atoms with Crippen molar-refractivity contribution in [1.82, 2.24) is 0 Å². The molecule has 0 aliphatic rings. The van der Waals surface area contributed by atoms with Crippen molar-refractivity contribution in [3.63, 3.8) is 0 Å². The highest BCUT2D eigenvalue weighted by atomic mass is 28.4. The van der Waals surface area contributed by atoms with Crippen LogP contribution in [0.25, 0.3) is 0 Å². The molecule has 0 N–H and O–H groups in total. The Balaban J connectivity index is 8.07. The maximum atomic E-state index is 14.4. The minimum absolute atomic E-state index is 0.119. The highest BCUT2D eigenvalue weighted by molar-refractivity contribution is 6.83. The van der Waals surface area contributed by atoms with E-state index in [0.717, 1.165) is 0 Å². The normalized spacial score (nSPS) is 16.3. The number of hydrogen-bond acceptors (Lipinski definition) is 6. The SMILES string of the molecule is CC(C)COC(=O)C(O[Si](C(C)(C)C)(C(C)(C)C)C(C)(C)C)C(O[Si](C(C)(C)C)(C(C)(C)C)C(C)(C)C)C(=O)OCC(C)C. The quantitative estimate of drug-likeness (QED) is 0.162. The summed E-state index contributed by atoms with van der Waals surface area (Å²) in [6, 6.07) is 0. The lowest BCUT2D eigenvalue weighted by molar-refractivity contribution is -0.172. The van der Waals surface area contributed by atoms with Crippen LogP contribution < -0.4 is 0 Å². The summed E-state index contributed by atoms with van der Waals surface area (Å²) in [5.41, 5.74) is 0. The van der Waals surface area contributed by atoms with Crippen molar-refractivity contribution < 1.29 is 27.9 Å². The van der Waals surface area contributed by atoms with Gasteiger partial charge in [0.1, 0.15) is 0 Å². The van der Waals surface area contributed by atoms with Crippen LogP contribution in [-0.2, 0) is 27.9 Å². The molecular weight excluding hydrogens is 585 g/mol. The fourth-order valence-corrected chi connectivity index (χ4v) is 26.1. The molecular formula is C36H74O6Si2. The summed E-state index contributed by atoms with van der Waals surface area (Å²) >= 11 is 0. The van der Waals surface area contributed by atoms with E-state index < -0.39 is 40.8 Å². The summed E-state index contributed by atoms with van der Waals surface area (Å²) in [7, 11) is -6.04. The molecule has 0 radical (unpaired) electrons. The molecule has 2 unspecified atom stereocenters. The first-order chi connectivity index (χ1) is 19.1. The van der Waals surface area contributed by atoms with E-state index in [9.17, 15) is 9.59 Å². The monoisotopic (exact) mass is 659 g/mol. The molecule has 44 heavy (non-hydrogen) atoms. The van der Waals surface area contributed by atoms with Gasteiger partial charge in [0.15, 0.2) is 12.2 Å². The van der Waals surface area contributed by atoms with Gasteiger partial charge in [0.2, 0.25) is 16.6 Å². The summed E-state index contributed by atoms with van der Waals surface area (Å²) in [6.07, 6.45) is -2.56. The molecule has 8 heteroatoms. The van der Waals surface area contributed by atoms with Crippen molar-refractivity contribution in [2.75, 3.05) is 13.2 Å². The van der Waals surface area contributed by atoms with Crippen LogP contribution in [0.15, 0.2) is 0 Å². The fraction of sp³-hybridized carbons (Fsp3) is 0.944. The molecule has 2 atom stereocenters. The molecule has 0 aromatic heterocycles. The maximum absolute atomic E-state index is 14.4. The van der Waals surface area contributed by atoms with E-state index in [2.05, 4.69) is 125 Å². The van der Waals surface area contributed by atoms with E-state index in [0.29, 0.717) is 0 Å². The molecule has 0 heterocycles. The lowest BCUT2D eigenvalue weighted by Crippen LogP contribution is -2.68. The summed E-state index contributed by atoms with van der Waals surface area (Å²) in [5, 5.41) is -1.84. The molecule has 0 amide bonds. The van der Waals surface area contributed by atoms with Gasteiger partial charge >= 0.3 is 11.9 Å². The third-order valence-corrected chi connectivity index (χ3v) is 22.7. The zero-order valence-corrected chi connectivity index (χ0v) is 35.2. The van der Waals surface area contributed by atoms with Crippen LogP contribution in [0.1, 0.15) is 152 Å². The van der Waals surface area contributed by atoms with Crippen LogP contribution in [0.5, 0.6) is 0 Å². The summed E-state index contributed by atoms with van der Waals surface area (Å²) < 4.78 is 26.8. The van der Waals surface area contributed by atoms with Gasteiger partial charge in [0, 0.05) is 0 Å². The molecule has 0 aliphatic heterocycles. The lowest BCUT2D eigenvalue weighted by Gasteiger charge is -2.61. The Bertz CT molecular complexity index is 794. The number of rotatable bonds is 11. The Morgan fingerprint density at radius 3 is 0.750 bits per heavy atom. The topological polar surface area (TPSA) is 71.1 Å². The first-order valence-corrected chi connectivity index (χ1v) is 20.6. The van der Waals surface area contributed by atoms with Crippen molar-refractivity contribution in [2.45, 2.75) is 195 Å². The molecule has 0 fully saturated rings. The van der Waals surface area contributed by atoms with Gasteiger partial charge in [0.05, 0.1) is 13.2 Å². The fourth-order valence-electron chi connectivity index (χ4n) is 9.32. The van der Waals surface area contributed by atoms with Gasteiger partial charge in [-0.05, 0) is 42.1 Å². The first-order valence-electron chi connectivity index (χ1n) is 16.8. The lowest BCUT2D eigenvalue weighted by atomic mass is 10.2. The van der Waals surface area contributed by atoms with Crippen LogP contribution in [-0.4, -0.2) is 54.0 Å². The van der Waals surface area contributed by atoms with Crippen LogP contribution in [0.2, 0.25) is 30.2 Å². The molecule has 0 aromatic rings. The van der Waals surface area contributed by atoms with E-state index in [1.165, 1.54) is 0 Å². The largest absolute Gasteiger partial charge is 0.463 e. The van der Waals surface area contributed by atoms with Crippen LogP contribution in [0.3, 0.4) is 0 Å². The van der Waals surface area contributed by atoms with Crippen molar-refractivity contribution in [1.29, 1.82) is 0 Å². The molecule has 0 rings (SSSR count). The summed E-state index contributed by atoms with van der Waals surface area (Å²) in [6.45, 7) is 48.2. The molecule has 262 valence electrons. The zero-order valence-electron chi connectivity index (χ0n) is 33.2. The highest BCUT2D eigenvalue weighted by Crippen LogP contribution is 2.65. The van der Waals surface area contributed by atoms with Gasteiger partial charge < -0.3 is 18.3 Å². The predicted molar refractivity (Wildman–Crippen MR) is 191 cm³/mol. The van der Waals surface area contributed by atoms with Gasteiger partial charge in [-0.15, -0.1) is 0 Å². The first kappa shape index (κ1) is 43.3. The second kappa shape index (κ2) is 14.2. The second-order valence-corrected chi connectivity index (χ2v) is 32.2. The molecule has 6 nitrogen and oxygen atoms in total.